The lowest BCUT2D eigenvalue weighted by molar-refractivity contribution is -0.152. The highest BCUT2D eigenvalue weighted by Crippen LogP contribution is 2.41. The molecular weight excluding hydrogens is 250 g/mol. The third kappa shape index (κ3) is 2.88. The van der Waals surface area contributed by atoms with E-state index in [-0.39, 0.29) is 0 Å². The first-order chi connectivity index (χ1) is 9.51. The smallest absolute Gasteiger partial charge is 0.324 e. The molecule has 1 saturated carbocycles. The van der Waals surface area contributed by atoms with Crippen LogP contribution >= 0.6 is 0 Å². The molecule has 0 spiro atoms. The Morgan fingerprint density at radius 1 is 1.30 bits per heavy atom. The van der Waals surface area contributed by atoms with Crippen LogP contribution < -0.4 is 0 Å². The predicted octanol–water partition coefficient (Wildman–Crippen LogP) is 3.92. The Labute approximate surface area is 123 Å². The molecule has 0 bridgehead atoms. The maximum atomic E-state index is 11.9. The van der Waals surface area contributed by atoms with Gasteiger partial charge in [0.05, 0.1) is 0 Å². The quantitative estimate of drug-likeness (QED) is 0.830. The van der Waals surface area contributed by atoms with Crippen molar-refractivity contribution in [2.45, 2.75) is 83.7 Å². The first kappa shape index (κ1) is 15.8. The van der Waals surface area contributed by atoms with Gasteiger partial charge in [0.25, 0.3) is 0 Å². The largest absolute Gasteiger partial charge is 0.480 e. The summed E-state index contributed by atoms with van der Waals surface area (Å²) in [4.78, 5) is 14.3. The van der Waals surface area contributed by atoms with E-state index in [9.17, 15) is 9.90 Å². The van der Waals surface area contributed by atoms with Crippen molar-refractivity contribution in [3.63, 3.8) is 0 Å². The van der Waals surface area contributed by atoms with Gasteiger partial charge in [-0.25, -0.2) is 0 Å². The highest BCUT2D eigenvalue weighted by atomic mass is 16.4. The second kappa shape index (κ2) is 6.46. The van der Waals surface area contributed by atoms with Gasteiger partial charge in [0.2, 0.25) is 0 Å². The van der Waals surface area contributed by atoms with Crippen LogP contribution in [0.15, 0.2) is 0 Å². The van der Waals surface area contributed by atoms with Crippen molar-refractivity contribution in [3.8, 4) is 0 Å². The average molecular weight is 281 g/mol. The summed E-state index contributed by atoms with van der Waals surface area (Å²) in [5.41, 5.74) is -0.552. The lowest BCUT2D eigenvalue weighted by Gasteiger charge is -2.43. The zero-order valence-corrected chi connectivity index (χ0v) is 13.4. The zero-order chi connectivity index (χ0) is 14.8. The fraction of sp³-hybridized carbons (Fsp3) is 0.941. The lowest BCUT2D eigenvalue weighted by atomic mass is 9.78. The third-order valence-corrected chi connectivity index (χ3v) is 5.73. The summed E-state index contributed by atoms with van der Waals surface area (Å²) >= 11 is 0. The van der Waals surface area contributed by atoms with Crippen molar-refractivity contribution < 1.29 is 9.90 Å². The Morgan fingerprint density at radius 2 is 1.95 bits per heavy atom. The standard InChI is InChI=1S/C17H31NO2/c1-4-10-17(16(19)20)11-5-12-18(17)15-8-6-14(7-9-15)13(2)3/h13-15H,4-12H2,1-3H3,(H,19,20). The molecule has 0 amide bonds. The van der Waals surface area contributed by atoms with E-state index in [1.54, 1.807) is 0 Å². The van der Waals surface area contributed by atoms with Gasteiger partial charge in [0, 0.05) is 6.04 Å². The van der Waals surface area contributed by atoms with Crippen molar-refractivity contribution in [2.24, 2.45) is 11.8 Å². The Hall–Kier alpha value is -0.570. The predicted molar refractivity (Wildman–Crippen MR) is 81.8 cm³/mol. The Bertz CT molecular complexity index is 334. The van der Waals surface area contributed by atoms with Gasteiger partial charge in [-0.05, 0) is 63.3 Å². The van der Waals surface area contributed by atoms with E-state index < -0.39 is 11.5 Å². The Kier molecular flexibility index (Phi) is 5.11. The minimum atomic E-state index is -0.581. The maximum Gasteiger partial charge on any atom is 0.324 e. The molecule has 2 rings (SSSR count). The maximum absolute atomic E-state index is 11.9. The summed E-state index contributed by atoms with van der Waals surface area (Å²) in [7, 11) is 0. The summed E-state index contributed by atoms with van der Waals surface area (Å²) in [5.74, 6) is 1.04. The molecule has 0 aromatic heterocycles. The van der Waals surface area contributed by atoms with Crippen LogP contribution in [0.3, 0.4) is 0 Å². The molecule has 0 aromatic carbocycles. The number of carbonyl (C=O) groups is 1. The van der Waals surface area contributed by atoms with Crippen LogP contribution in [-0.4, -0.2) is 34.1 Å². The number of hydrogen-bond donors (Lipinski definition) is 1. The molecule has 1 atom stereocenters. The summed E-state index contributed by atoms with van der Waals surface area (Å²) in [6.45, 7) is 7.74. The van der Waals surface area contributed by atoms with Gasteiger partial charge >= 0.3 is 5.97 Å². The summed E-state index contributed by atoms with van der Waals surface area (Å²) in [6, 6.07) is 0.509. The van der Waals surface area contributed by atoms with E-state index in [1.807, 2.05) is 0 Å². The van der Waals surface area contributed by atoms with Gasteiger partial charge in [0.1, 0.15) is 5.54 Å². The number of carboxylic acids is 1. The monoisotopic (exact) mass is 281 g/mol. The first-order valence-corrected chi connectivity index (χ1v) is 8.51. The number of rotatable bonds is 5. The fourth-order valence-electron chi connectivity index (χ4n) is 4.53. The number of likely N-dealkylation sites (tertiary alicyclic amines) is 1. The van der Waals surface area contributed by atoms with Crippen LogP contribution in [0.2, 0.25) is 0 Å². The summed E-state index contributed by atoms with van der Waals surface area (Å²) in [5, 5.41) is 9.79. The van der Waals surface area contributed by atoms with Crippen molar-refractivity contribution in [1.82, 2.24) is 4.90 Å². The van der Waals surface area contributed by atoms with E-state index in [2.05, 4.69) is 25.7 Å². The van der Waals surface area contributed by atoms with Crippen molar-refractivity contribution in [1.29, 1.82) is 0 Å². The van der Waals surface area contributed by atoms with Crippen LogP contribution in [0.25, 0.3) is 0 Å². The Morgan fingerprint density at radius 3 is 2.45 bits per heavy atom. The highest BCUT2D eigenvalue weighted by Gasteiger charge is 2.49. The van der Waals surface area contributed by atoms with E-state index in [4.69, 9.17) is 0 Å². The minimum Gasteiger partial charge on any atom is -0.480 e. The number of nitrogens with zero attached hydrogens (tertiary/aromatic N) is 1. The van der Waals surface area contributed by atoms with Crippen LogP contribution in [0.4, 0.5) is 0 Å². The molecule has 0 aromatic rings. The lowest BCUT2D eigenvalue weighted by Crippen LogP contribution is -2.55. The number of hydrogen-bond acceptors (Lipinski definition) is 2. The van der Waals surface area contributed by atoms with Crippen molar-refractivity contribution in [3.05, 3.63) is 0 Å². The molecule has 1 aliphatic heterocycles. The van der Waals surface area contributed by atoms with Gasteiger partial charge in [-0.15, -0.1) is 0 Å². The number of carboxylic acid groups (broad SMARTS) is 1. The van der Waals surface area contributed by atoms with Crippen molar-refractivity contribution >= 4 is 5.97 Å². The van der Waals surface area contributed by atoms with Crippen LogP contribution in [0.5, 0.6) is 0 Å². The van der Waals surface area contributed by atoms with Crippen molar-refractivity contribution in [2.75, 3.05) is 6.54 Å². The van der Waals surface area contributed by atoms with E-state index in [1.165, 1.54) is 25.7 Å². The topological polar surface area (TPSA) is 40.5 Å². The average Bonchev–Trinajstić information content (AvgIpc) is 2.84. The molecular formula is C17H31NO2. The number of aliphatic carboxylic acids is 1. The Balaban J connectivity index is 2.06. The first-order valence-electron chi connectivity index (χ1n) is 8.51. The third-order valence-electron chi connectivity index (χ3n) is 5.73. The molecule has 0 radical (unpaired) electrons. The SMILES string of the molecule is CCCC1(C(=O)O)CCCN1C1CCC(C(C)C)CC1. The molecule has 1 aliphatic carbocycles. The molecule has 1 heterocycles. The van der Waals surface area contributed by atoms with Gasteiger partial charge in [0.15, 0.2) is 0 Å². The minimum absolute atomic E-state index is 0.509. The second-order valence-electron chi connectivity index (χ2n) is 7.20. The molecule has 3 nitrogen and oxygen atoms in total. The molecule has 2 fully saturated rings. The van der Waals surface area contributed by atoms with Gasteiger partial charge in [-0.1, -0.05) is 27.2 Å². The van der Waals surface area contributed by atoms with Crippen LogP contribution in [0.1, 0.15) is 72.1 Å². The molecule has 20 heavy (non-hydrogen) atoms. The fourth-order valence-corrected chi connectivity index (χ4v) is 4.53. The zero-order valence-electron chi connectivity index (χ0n) is 13.4. The molecule has 1 unspecified atom stereocenters. The molecule has 116 valence electrons. The van der Waals surface area contributed by atoms with E-state index in [0.29, 0.717) is 6.04 Å². The highest BCUT2D eigenvalue weighted by molar-refractivity contribution is 5.79. The van der Waals surface area contributed by atoms with E-state index in [0.717, 1.165) is 44.1 Å². The van der Waals surface area contributed by atoms with Gasteiger partial charge in [-0.2, -0.15) is 0 Å². The van der Waals surface area contributed by atoms with Crippen LogP contribution in [0, 0.1) is 11.8 Å². The molecule has 3 heteroatoms. The van der Waals surface area contributed by atoms with Gasteiger partial charge < -0.3 is 5.11 Å². The molecule has 2 aliphatic rings. The second-order valence-corrected chi connectivity index (χ2v) is 7.20. The molecule has 1 N–H and O–H groups in total. The van der Waals surface area contributed by atoms with E-state index >= 15 is 0 Å². The van der Waals surface area contributed by atoms with Gasteiger partial charge in [-0.3, -0.25) is 9.69 Å². The van der Waals surface area contributed by atoms with Crippen LogP contribution in [-0.2, 0) is 4.79 Å². The summed E-state index contributed by atoms with van der Waals surface area (Å²) < 4.78 is 0. The molecule has 1 saturated heterocycles. The summed E-state index contributed by atoms with van der Waals surface area (Å²) in [6.07, 6.45) is 8.62. The normalized spacial score (nSPS) is 35.6.